The monoisotopic (exact) mass is 412 g/mol. The van der Waals surface area contributed by atoms with Crippen LogP contribution < -0.4 is 9.47 Å². The maximum absolute atomic E-state index is 11.1. The predicted octanol–water partition coefficient (Wildman–Crippen LogP) is 4.35. The van der Waals surface area contributed by atoms with E-state index in [1.54, 1.807) is 19.3 Å². The molecule has 0 amide bonds. The SMILES string of the molecule is C=CCn1c(SCc2cc([N+](=O)[O-])ccc2OC)nnc1-c1ccccc1OC. The Morgan fingerprint density at radius 1 is 1.17 bits per heavy atom. The Balaban J connectivity index is 1.93. The third kappa shape index (κ3) is 4.40. The van der Waals surface area contributed by atoms with Crippen LogP contribution in [-0.4, -0.2) is 33.9 Å². The molecule has 0 radical (unpaired) electrons. The summed E-state index contributed by atoms with van der Waals surface area (Å²) in [7, 11) is 3.15. The summed E-state index contributed by atoms with van der Waals surface area (Å²) in [6, 6.07) is 12.1. The lowest BCUT2D eigenvalue weighted by molar-refractivity contribution is -0.384. The minimum absolute atomic E-state index is 0.0173. The maximum atomic E-state index is 11.1. The van der Waals surface area contributed by atoms with Crippen LogP contribution in [0.25, 0.3) is 11.4 Å². The van der Waals surface area contributed by atoms with Crippen molar-refractivity contribution in [3.8, 4) is 22.9 Å². The zero-order chi connectivity index (χ0) is 20.8. The fraction of sp³-hybridized carbons (Fsp3) is 0.200. The van der Waals surface area contributed by atoms with Gasteiger partial charge in [-0.2, -0.15) is 0 Å². The molecule has 2 aromatic carbocycles. The van der Waals surface area contributed by atoms with Gasteiger partial charge in [0.15, 0.2) is 11.0 Å². The molecule has 1 aromatic heterocycles. The number of non-ortho nitro benzene ring substituents is 1. The Kier molecular flexibility index (Phi) is 6.50. The first kappa shape index (κ1) is 20.4. The number of thioether (sulfide) groups is 1. The van der Waals surface area contributed by atoms with E-state index >= 15 is 0 Å². The highest BCUT2D eigenvalue weighted by Crippen LogP contribution is 2.34. The minimum Gasteiger partial charge on any atom is -0.496 e. The number of hydrogen-bond acceptors (Lipinski definition) is 7. The molecular weight excluding hydrogens is 392 g/mol. The first-order chi connectivity index (χ1) is 14.1. The number of nitrogens with zero attached hydrogens (tertiary/aromatic N) is 4. The Labute approximate surface area is 172 Å². The topological polar surface area (TPSA) is 92.3 Å². The molecule has 0 aliphatic rings. The lowest BCUT2D eigenvalue weighted by atomic mass is 10.2. The van der Waals surface area contributed by atoms with Gasteiger partial charge in [0, 0.05) is 30.0 Å². The molecular formula is C20H20N4O4S. The van der Waals surface area contributed by atoms with Gasteiger partial charge in [-0.1, -0.05) is 30.0 Å². The third-order valence-electron chi connectivity index (χ3n) is 4.21. The van der Waals surface area contributed by atoms with Crippen molar-refractivity contribution in [1.29, 1.82) is 0 Å². The number of ether oxygens (including phenoxy) is 2. The van der Waals surface area contributed by atoms with Crippen molar-refractivity contribution in [2.45, 2.75) is 17.5 Å². The molecule has 0 unspecified atom stereocenters. The van der Waals surface area contributed by atoms with Crippen molar-refractivity contribution >= 4 is 17.4 Å². The van der Waals surface area contributed by atoms with Crippen LogP contribution in [0.3, 0.4) is 0 Å². The van der Waals surface area contributed by atoms with Crippen molar-refractivity contribution < 1.29 is 14.4 Å². The van der Waals surface area contributed by atoms with E-state index in [-0.39, 0.29) is 5.69 Å². The van der Waals surface area contributed by atoms with Crippen molar-refractivity contribution in [2.24, 2.45) is 0 Å². The molecule has 0 aliphatic carbocycles. The molecule has 0 atom stereocenters. The highest BCUT2D eigenvalue weighted by atomic mass is 32.2. The quantitative estimate of drug-likeness (QED) is 0.223. The summed E-state index contributed by atoms with van der Waals surface area (Å²) in [6.45, 7) is 4.33. The van der Waals surface area contributed by atoms with E-state index in [4.69, 9.17) is 9.47 Å². The largest absolute Gasteiger partial charge is 0.496 e. The van der Waals surface area contributed by atoms with Crippen LogP contribution >= 0.6 is 11.8 Å². The molecule has 0 bridgehead atoms. The molecule has 0 saturated heterocycles. The normalized spacial score (nSPS) is 10.6. The first-order valence-electron chi connectivity index (χ1n) is 8.70. The Bertz CT molecular complexity index is 1040. The molecule has 0 fully saturated rings. The van der Waals surface area contributed by atoms with Crippen molar-refractivity contribution in [3.05, 3.63) is 70.8 Å². The molecule has 3 aromatic rings. The zero-order valence-electron chi connectivity index (χ0n) is 16.1. The van der Waals surface area contributed by atoms with Crippen LogP contribution in [0.2, 0.25) is 0 Å². The molecule has 0 N–H and O–H groups in total. The van der Waals surface area contributed by atoms with E-state index in [0.717, 1.165) is 5.56 Å². The summed E-state index contributed by atoms with van der Waals surface area (Å²) in [4.78, 5) is 10.7. The molecule has 8 nitrogen and oxygen atoms in total. The summed E-state index contributed by atoms with van der Waals surface area (Å²) in [6.07, 6.45) is 1.76. The van der Waals surface area contributed by atoms with E-state index in [0.29, 0.717) is 40.3 Å². The zero-order valence-corrected chi connectivity index (χ0v) is 16.9. The van der Waals surface area contributed by atoms with Gasteiger partial charge in [-0.25, -0.2) is 0 Å². The average molecular weight is 412 g/mol. The lowest BCUT2D eigenvalue weighted by Gasteiger charge is -2.11. The molecule has 9 heteroatoms. The summed E-state index contributed by atoms with van der Waals surface area (Å²) in [5.41, 5.74) is 1.55. The summed E-state index contributed by atoms with van der Waals surface area (Å²) in [5.74, 6) is 2.38. The molecule has 1 heterocycles. The Hall–Kier alpha value is -3.33. The van der Waals surface area contributed by atoms with Crippen LogP contribution in [0.4, 0.5) is 5.69 Å². The number of nitro benzene ring substituents is 1. The summed E-state index contributed by atoms with van der Waals surface area (Å²) >= 11 is 1.42. The number of para-hydroxylation sites is 1. The third-order valence-corrected chi connectivity index (χ3v) is 5.22. The molecule has 0 aliphatic heterocycles. The predicted molar refractivity (Wildman–Crippen MR) is 111 cm³/mol. The van der Waals surface area contributed by atoms with Crippen molar-refractivity contribution in [2.75, 3.05) is 14.2 Å². The fourth-order valence-electron chi connectivity index (χ4n) is 2.85. The number of methoxy groups -OCH3 is 2. The number of benzene rings is 2. The molecule has 29 heavy (non-hydrogen) atoms. The number of allylic oxidation sites excluding steroid dienone is 1. The van der Waals surface area contributed by atoms with Crippen LogP contribution in [0.5, 0.6) is 11.5 Å². The second-order valence-electron chi connectivity index (χ2n) is 5.95. The number of nitro groups is 1. The van der Waals surface area contributed by atoms with Gasteiger partial charge in [-0.05, 0) is 18.2 Å². The van der Waals surface area contributed by atoms with Gasteiger partial charge in [-0.15, -0.1) is 16.8 Å². The fourth-order valence-corrected chi connectivity index (χ4v) is 3.78. The average Bonchev–Trinajstić information content (AvgIpc) is 3.14. The van der Waals surface area contributed by atoms with Gasteiger partial charge in [0.05, 0.1) is 24.7 Å². The molecule has 3 rings (SSSR count). The Morgan fingerprint density at radius 2 is 1.93 bits per heavy atom. The van der Waals surface area contributed by atoms with Gasteiger partial charge in [0.1, 0.15) is 11.5 Å². The van der Waals surface area contributed by atoms with Gasteiger partial charge in [-0.3, -0.25) is 14.7 Å². The highest BCUT2D eigenvalue weighted by molar-refractivity contribution is 7.98. The van der Waals surface area contributed by atoms with E-state index < -0.39 is 4.92 Å². The van der Waals surface area contributed by atoms with Crippen LogP contribution in [0, 0.1) is 10.1 Å². The first-order valence-corrected chi connectivity index (χ1v) is 9.69. The second-order valence-corrected chi connectivity index (χ2v) is 6.89. The molecule has 0 saturated carbocycles. The van der Waals surface area contributed by atoms with Gasteiger partial charge >= 0.3 is 0 Å². The van der Waals surface area contributed by atoms with Gasteiger partial charge in [0.25, 0.3) is 5.69 Å². The van der Waals surface area contributed by atoms with E-state index in [2.05, 4.69) is 16.8 Å². The standard InChI is InChI=1S/C20H20N4O4S/c1-4-11-23-19(16-7-5-6-8-18(16)28-3)21-22-20(23)29-13-14-12-15(24(25)26)9-10-17(14)27-2/h4-10,12H,1,11,13H2,2-3H3. The lowest BCUT2D eigenvalue weighted by Crippen LogP contribution is -2.02. The summed E-state index contributed by atoms with van der Waals surface area (Å²) < 4.78 is 12.7. The van der Waals surface area contributed by atoms with E-state index in [9.17, 15) is 10.1 Å². The second kappa shape index (κ2) is 9.24. The van der Waals surface area contributed by atoms with Crippen LogP contribution in [-0.2, 0) is 12.3 Å². The maximum Gasteiger partial charge on any atom is 0.270 e. The highest BCUT2D eigenvalue weighted by Gasteiger charge is 2.18. The van der Waals surface area contributed by atoms with Crippen molar-refractivity contribution in [3.63, 3.8) is 0 Å². The van der Waals surface area contributed by atoms with Crippen molar-refractivity contribution in [1.82, 2.24) is 14.8 Å². The van der Waals surface area contributed by atoms with Gasteiger partial charge in [0.2, 0.25) is 0 Å². The molecule has 0 spiro atoms. The smallest absolute Gasteiger partial charge is 0.270 e. The number of hydrogen-bond donors (Lipinski definition) is 0. The minimum atomic E-state index is -0.423. The van der Waals surface area contributed by atoms with E-state index in [1.165, 1.54) is 31.0 Å². The van der Waals surface area contributed by atoms with Gasteiger partial charge < -0.3 is 9.47 Å². The van der Waals surface area contributed by atoms with Crippen LogP contribution in [0.15, 0.2) is 60.3 Å². The van der Waals surface area contributed by atoms with Crippen LogP contribution in [0.1, 0.15) is 5.56 Å². The number of rotatable bonds is 9. The number of aromatic nitrogens is 3. The Morgan fingerprint density at radius 3 is 2.62 bits per heavy atom. The van der Waals surface area contributed by atoms with E-state index in [1.807, 2.05) is 28.8 Å². The molecule has 150 valence electrons. The summed E-state index contributed by atoms with van der Waals surface area (Å²) in [5, 5.41) is 20.4.